The monoisotopic (exact) mass is 266 g/mol. The predicted octanol–water partition coefficient (Wildman–Crippen LogP) is 2.35. The molecular formula is C12H11ClN2O3. The first-order valence-electron chi connectivity index (χ1n) is 5.21. The third-order valence-electron chi connectivity index (χ3n) is 2.49. The number of aromatic carboxylic acids is 1. The molecule has 0 saturated carbocycles. The minimum Gasteiger partial charge on any atom is -0.486 e. The number of ether oxygens (including phenoxy) is 1. The molecule has 1 heterocycles. The number of carboxylic acids is 1. The van der Waals surface area contributed by atoms with Crippen molar-refractivity contribution in [1.82, 2.24) is 9.78 Å². The molecule has 0 bridgehead atoms. The number of hydrogen-bond acceptors (Lipinski definition) is 3. The molecule has 5 nitrogen and oxygen atoms in total. The summed E-state index contributed by atoms with van der Waals surface area (Å²) >= 11 is 5.93. The lowest BCUT2D eigenvalue weighted by Gasteiger charge is -2.09. The zero-order chi connectivity index (χ0) is 13.1. The van der Waals surface area contributed by atoms with Gasteiger partial charge in [-0.25, -0.2) is 4.79 Å². The number of carboxylic acid groups (broad SMARTS) is 1. The lowest BCUT2D eigenvalue weighted by Crippen LogP contribution is -2.06. The number of halogens is 1. The van der Waals surface area contributed by atoms with Gasteiger partial charge >= 0.3 is 5.97 Å². The van der Waals surface area contributed by atoms with Gasteiger partial charge in [0.1, 0.15) is 17.9 Å². The molecule has 6 heteroatoms. The molecule has 0 aliphatic carbocycles. The van der Waals surface area contributed by atoms with Crippen LogP contribution >= 0.6 is 11.6 Å². The summed E-state index contributed by atoms with van der Waals surface area (Å²) in [5.41, 5.74) is 0.813. The lowest BCUT2D eigenvalue weighted by atomic mass is 10.2. The van der Waals surface area contributed by atoms with Gasteiger partial charge in [-0.3, -0.25) is 4.68 Å². The quantitative estimate of drug-likeness (QED) is 0.923. The molecule has 1 aromatic carbocycles. The molecular weight excluding hydrogens is 256 g/mol. The number of aromatic nitrogens is 2. The zero-order valence-corrected chi connectivity index (χ0v) is 10.4. The van der Waals surface area contributed by atoms with Crippen LogP contribution in [0.2, 0.25) is 5.02 Å². The smallest absolute Gasteiger partial charge is 0.339 e. The number of rotatable bonds is 4. The van der Waals surface area contributed by atoms with Crippen molar-refractivity contribution in [3.8, 4) is 5.75 Å². The maximum Gasteiger partial charge on any atom is 0.339 e. The van der Waals surface area contributed by atoms with Crippen LogP contribution in [0.5, 0.6) is 5.75 Å². The number of hydrogen-bond donors (Lipinski definition) is 1. The number of para-hydroxylation sites is 1. The third-order valence-corrected chi connectivity index (χ3v) is 2.81. The third kappa shape index (κ3) is 2.46. The van der Waals surface area contributed by atoms with Crippen LogP contribution in [-0.4, -0.2) is 20.9 Å². The molecule has 0 fully saturated rings. The van der Waals surface area contributed by atoms with Crippen molar-refractivity contribution in [3.63, 3.8) is 0 Å². The Morgan fingerprint density at radius 2 is 2.22 bits per heavy atom. The van der Waals surface area contributed by atoms with Crippen molar-refractivity contribution in [2.45, 2.75) is 6.61 Å². The number of aryl methyl sites for hydroxylation is 1. The molecule has 0 radical (unpaired) electrons. The normalized spacial score (nSPS) is 10.3. The van der Waals surface area contributed by atoms with Gasteiger partial charge in [-0.1, -0.05) is 23.7 Å². The molecule has 18 heavy (non-hydrogen) atoms. The van der Waals surface area contributed by atoms with E-state index in [0.29, 0.717) is 16.5 Å². The summed E-state index contributed by atoms with van der Waals surface area (Å²) in [6, 6.07) is 6.45. The number of benzene rings is 1. The second kappa shape index (κ2) is 5.10. The topological polar surface area (TPSA) is 64.4 Å². The van der Waals surface area contributed by atoms with E-state index in [2.05, 4.69) is 5.10 Å². The maximum absolute atomic E-state index is 11.0. The van der Waals surface area contributed by atoms with Crippen molar-refractivity contribution in [1.29, 1.82) is 0 Å². The Bertz CT molecular complexity index is 561. The fourth-order valence-corrected chi connectivity index (χ4v) is 1.73. The first kappa shape index (κ1) is 12.4. The highest BCUT2D eigenvalue weighted by molar-refractivity contribution is 6.31. The first-order valence-corrected chi connectivity index (χ1v) is 5.59. The Morgan fingerprint density at radius 1 is 1.50 bits per heavy atom. The van der Waals surface area contributed by atoms with Gasteiger partial charge < -0.3 is 9.84 Å². The van der Waals surface area contributed by atoms with Crippen molar-refractivity contribution in [3.05, 3.63) is 46.7 Å². The SMILES string of the molecule is Cn1ncc(Cl)c1COc1ccccc1C(=O)O. The maximum atomic E-state index is 11.0. The van der Waals surface area contributed by atoms with E-state index in [1.54, 1.807) is 29.9 Å². The highest BCUT2D eigenvalue weighted by Crippen LogP contribution is 2.21. The van der Waals surface area contributed by atoms with E-state index in [1.165, 1.54) is 12.3 Å². The average Bonchev–Trinajstić information content (AvgIpc) is 2.67. The zero-order valence-electron chi connectivity index (χ0n) is 9.63. The van der Waals surface area contributed by atoms with Crippen LogP contribution in [0.25, 0.3) is 0 Å². The molecule has 2 aromatic rings. The van der Waals surface area contributed by atoms with Crippen molar-refractivity contribution in [2.24, 2.45) is 7.05 Å². The summed E-state index contributed by atoms with van der Waals surface area (Å²) in [6.45, 7) is 0.166. The van der Waals surface area contributed by atoms with E-state index < -0.39 is 5.97 Å². The Kier molecular flexibility index (Phi) is 3.53. The summed E-state index contributed by atoms with van der Waals surface area (Å²) in [7, 11) is 1.74. The summed E-state index contributed by atoms with van der Waals surface area (Å²) in [5, 5.41) is 13.5. The van der Waals surface area contributed by atoms with Gasteiger partial charge in [-0.2, -0.15) is 5.10 Å². The van der Waals surface area contributed by atoms with E-state index in [9.17, 15) is 4.79 Å². The lowest BCUT2D eigenvalue weighted by molar-refractivity contribution is 0.0691. The summed E-state index contributed by atoms with van der Waals surface area (Å²) in [4.78, 5) is 11.0. The number of nitrogens with zero attached hydrogens (tertiary/aromatic N) is 2. The largest absolute Gasteiger partial charge is 0.486 e. The minimum absolute atomic E-state index is 0.121. The van der Waals surface area contributed by atoms with Crippen LogP contribution in [0.15, 0.2) is 30.5 Å². The highest BCUT2D eigenvalue weighted by Gasteiger charge is 2.12. The van der Waals surface area contributed by atoms with Gasteiger partial charge in [0, 0.05) is 7.05 Å². The van der Waals surface area contributed by atoms with Gasteiger partial charge in [0.05, 0.1) is 16.9 Å². The van der Waals surface area contributed by atoms with Gasteiger partial charge in [0.25, 0.3) is 0 Å². The van der Waals surface area contributed by atoms with Crippen LogP contribution in [0.4, 0.5) is 0 Å². The molecule has 0 atom stereocenters. The molecule has 0 spiro atoms. The van der Waals surface area contributed by atoms with Crippen LogP contribution in [-0.2, 0) is 13.7 Å². The molecule has 1 N–H and O–H groups in total. The van der Waals surface area contributed by atoms with Crippen molar-refractivity contribution >= 4 is 17.6 Å². The molecule has 0 saturated heterocycles. The van der Waals surface area contributed by atoms with E-state index in [1.807, 2.05) is 0 Å². The second-order valence-corrected chi connectivity index (χ2v) is 4.06. The second-order valence-electron chi connectivity index (χ2n) is 3.65. The summed E-state index contributed by atoms with van der Waals surface area (Å²) in [5.74, 6) is -0.719. The Morgan fingerprint density at radius 3 is 2.83 bits per heavy atom. The molecule has 0 aliphatic rings. The average molecular weight is 267 g/mol. The molecule has 1 aromatic heterocycles. The number of carbonyl (C=O) groups is 1. The molecule has 2 rings (SSSR count). The fourth-order valence-electron chi connectivity index (χ4n) is 1.51. The molecule has 94 valence electrons. The van der Waals surface area contributed by atoms with Gasteiger partial charge in [-0.05, 0) is 12.1 Å². The van der Waals surface area contributed by atoms with Gasteiger partial charge in [0.2, 0.25) is 0 Å². The summed E-state index contributed by atoms with van der Waals surface area (Å²) < 4.78 is 7.07. The summed E-state index contributed by atoms with van der Waals surface area (Å²) in [6.07, 6.45) is 1.52. The van der Waals surface area contributed by atoms with Crippen LogP contribution < -0.4 is 4.74 Å². The molecule has 0 aliphatic heterocycles. The molecule has 0 amide bonds. The van der Waals surface area contributed by atoms with Crippen molar-refractivity contribution in [2.75, 3.05) is 0 Å². The Hall–Kier alpha value is -2.01. The van der Waals surface area contributed by atoms with Crippen LogP contribution in [0.1, 0.15) is 16.1 Å². The standard InChI is InChI=1S/C12H11ClN2O3/c1-15-10(9(13)6-14-15)7-18-11-5-3-2-4-8(11)12(16)17/h2-6H,7H2,1H3,(H,16,17). The van der Waals surface area contributed by atoms with Gasteiger partial charge in [0.15, 0.2) is 0 Å². The molecule has 0 unspecified atom stereocenters. The van der Waals surface area contributed by atoms with E-state index in [-0.39, 0.29) is 12.2 Å². The van der Waals surface area contributed by atoms with Crippen LogP contribution in [0.3, 0.4) is 0 Å². The Labute approximate surface area is 109 Å². The minimum atomic E-state index is -1.03. The van der Waals surface area contributed by atoms with Crippen molar-refractivity contribution < 1.29 is 14.6 Å². The van der Waals surface area contributed by atoms with Gasteiger partial charge in [-0.15, -0.1) is 0 Å². The highest BCUT2D eigenvalue weighted by atomic mass is 35.5. The van der Waals surface area contributed by atoms with E-state index >= 15 is 0 Å². The predicted molar refractivity (Wildman–Crippen MR) is 66.0 cm³/mol. The van der Waals surface area contributed by atoms with Crippen LogP contribution in [0, 0.1) is 0 Å². The Balaban J connectivity index is 2.18. The fraction of sp³-hybridized carbons (Fsp3) is 0.167. The van der Waals surface area contributed by atoms with E-state index in [0.717, 1.165) is 0 Å². The van der Waals surface area contributed by atoms with E-state index in [4.69, 9.17) is 21.4 Å². The first-order chi connectivity index (χ1) is 8.59.